The molecule has 0 unspecified atom stereocenters. The average Bonchev–Trinajstić information content (AvgIpc) is 2.94. The molecular formula is C16H14N4O4S. The quantitative estimate of drug-likeness (QED) is 0.713. The van der Waals surface area contributed by atoms with Gasteiger partial charge in [-0.25, -0.2) is 9.78 Å². The number of nitrogens with zero attached hydrogens (tertiary/aromatic N) is 3. The Labute approximate surface area is 146 Å². The lowest BCUT2D eigenvalue weighted by Gasteiger charge is -2.06. The third-order valence-corrected chi connectivity index (χ3v) is 4.02. The summed E-state index contributed by atoms with van der Waals surface area (Å²) in [4.78, 5) is 39.7. The highest BCUT2D eigenvalue weighted by Crippen LogP contribution is 2.13. The summed E-state index contributed by atoms with van der Waals surface area (Å²) in [6.45, 7) is 3.07. The topological polar surface area (TPSA) is 103 Å². The smallest absolute Gasteiger partial charge is 0.338 e. The number of fused-ring (bicyclic) bond motifs is 1. The van der Waals surface area contributed by atoms with Crippen molar-refractivity contribution in [2.75, 3.05) is 5.32 Å². The van der Waals surface area contributed by atoms with Crippen LogP contribution in [0.4, 0.5) is 5.69 Å². The average molecular weight is 358 g/mol. The summed E-state index contributed by atoms with van der Waals surface area (Å²) in [6, 6.07) is 7.60. The molecular weight excluding hydrogens is 344 g/mol. The van der Waals surface area contributed by atoms with E-state index in [0.29, 0.717) is 21.9 Å². The summed E-state index contributed by atoms with van der Waals surface area (Å²) in [5, 5.41) is 7.38. The molecule has 2 aromatic heterocycles. The van der Waals surface area contributed by atoms with Crippen molar-refractivity contribution < 1.29 is 14.3 Å². The lowest BCUT2D eigenvalue weighted by molar-refractivity contribution is -0.114. The first-order chi connectivity index (χ1) is 11.9. The van der Waals surface area contributed by atoms with Gasteiger partial charge in [-0.05, 0) is 31.2 Å². The molecule has 0 fully saturated rings. The fourth-order valence-electron chi connectivity index (χ4n) is 2.14. The van der Waals surface area contributed by atoms with Crippen molar-refractivity contribution >= 4 is 33.9 Å². The Morgan fingerprint density at radius 2 is 2.00 bits per heavy atom. The van der Waals surface area contributed by atoms with Gasteiger partial charge in [0, 0.05) is 18.7 Å². The molecule has 1 N–H and O–H groups in total. The van der Waals surface area contributed by atoms with Crippen LogP contribution in [0.15, 0.2) is 35.1 Å². The number of aromatic nitrogens is 3. The molecule has 25 heavy (non-hydrogen) atoms. The number of benzene rings is 1. The molecule has 0 radical (unpaired) electrons. The number of carbonyl (C=O) groups is 2. The van der Waals surface area contributed by atoms with Crippen LogP contribution in [-0.4, -0.2) is 26.5 Å². The number of esters is 1. The summed E-state index contributed by atoms with van der Waals surface area (Å²) >= 11 is 1.28. The van der Waals surface area contributed by atoms with E-state index in [2.05, 4.69) is 15.4 Å². The Bertz CT molecular complexity index is 1010. The highest BCUT2D eigenvalue weighted by Gasteiger charge is 2.11. The highest BCUT2D eigenvalue weighted by atomic mass is 32.1. The van der Waals surface area contributed by atoms with Crippen LogP contribution in [0.3, 0.4) is 0 Å². The number of hydrogen-bond donors (Lipinski definition) is 1. The maximum Gasteiger partial charge on any atom is 0.338 e. The molecule has 3 rings (SSSR count). The van der Waals surface area contributed by atoms with Crippen LogP contribution in [0.25, 0.3) is 4.96 Å². The molecule has 0 aliphatic heterocycles. The van der Waals surface area contributed by atoms with E-state index in [4.69, 9.17) is 4.74 Å². The molecule has 128 valence electrons. The first kappa shape index (κ1) is 16.8. The lowest BCUT2D eigenvalue weighted by atomic mass is 10.2. The molecule has 0 saturated carbocycles. The monoisotopic (exact) mass is 358 g/mol. The second kappa shape index (κ2) is 6.81. The first-order valence-corrected chi connectivity index (χ1v) is 8.15. The van der Waals surface area contributed by atoms with Crippen LogP contribution in [0, 0.1) is 6.92 Å². The third kappa shape index (κ3) is 3.89. The number of anilines is 1. The van der Waals surface area contributed by atoms with Gasteiger partial charge in [-0.1, -0.05) is 11.3 Å². The van der Waals surface area contributed by atoms with Crippen LogP contribution in [0.5, 0.6) is 0 Å². The maximum absolute atomic E-state index is 12.1. The molecule has 0 atom stereocenters. The lowest BCUT2D eigenvalue weighted by Crippen LogP contribution is -2.16. The fourth-order valence-corrected chi connectivity index (χ4v) is 2.91. The largest absolute Gasteiger partial charge is 0.456 e. The number of carbonyl (C=O) groups excluding carboxylic acids is 2. The molecule has 1 amide bonds. The van der Waals surface area contributed by atoms with E-state index in [1.807, 2.05) is 0 Å². The van der Waals surface area contributed by atoms with E-state index in [9.17, 15) is 14.4 Å². The molecule has 8 nitrogen and oxygen atoms in total. The third-order valence-electron chi connectivity index (χ3n) is 3.19. The molecule has 2 heterocycles. The Kier molecular flexibility index (Phi) is 4.57. The second-order valence-electron chi connectivity index (χ2n) is 5.24. The standard InChI is InChI=1S/C16H14N4O4S/c1-9(21)17-12-5-3-11(4-6-12)15(23)24-8-13-7-14(22)20-16(18-13)25-10(2)19-20/h3-7H,8H2,1-2H3,(H,17,21). The molecule has 9 heteroatoms. The van der Waals surface area contributed by atoms with Gasteiger partial charge in [0.15, 0.2) is 0 Å². The van der Waals surface area contributed by atoms with Crippen molar-refractivity contribution in [3.63, 3.8) is 0 Å². The predicted octanol–water partition coefficient (Wildman–Crippen LogP) is 1.77. The van der Waals surface area contributed by atoms with E-state index in [1.165, 1.54) is 28.8 Å². The van der Waals surface area contributed by atoms with Gasteiger partial charge in [0.05, 0.1) is 11.3 Å². The summed E-state index contributed by atoms with van der Waals surface area (Å²) in [6.07, 6.45) is 0. The van der Waals surface area contributed by atoms with Crippen molar-refractivity contribution in [1.82, 2.24) is 14.6 Å². The zero-order chi connectivity index (χ0) is 18.0. The van der Waals surface area contributed by atoms with Crippen molar-refractivity contribution in [3.05, 3.63) is 57.0 Å². The van der Waals surface area contributed by atoms with Gasteiger partial charge < -0.3 is 10.1 Å². The molecule has 1 aromatic carbocycles. The summed E-state index contributed by atoms with van der Waals surface area (Å²) in [7, 11) is 0. The van der Waals surface area contributed by atoms with Gasteiger partial charge in [0.25, 0.3) is 5.56 Å². The minimum Gasteiger partial charge on any atom is -0.456 e. The minimum absolute atomic E-state index is 0.116. The van der Waals surface area contributed by atoms with Crippen LogP contribution in [0.2, 0.25) is 0 Å². The Balaban J connectivity index is 1.69. The van der Waals surface area contributed by atoms with E-state index < -0.39 is 5.97 Å². The number of nitrogens with one attached hydrogen (secondary N) is 1. The Morgan fingerprint density at radius 3 is 2.68 bits per heavy atom. The predicted molar refractivity (Wildman–Crippen MR) is 91.7 cm³/mol. The van der Waals surface area contributed by atoms with Crippen LogP contribution in [-0.2, 0) is 16.1 Å². The second-order valence-corrected chi connectivity index (χ2v) is 6.40. The van der Waals surface area contributed by atoms with Crippen molar-refractivity contribution in [3.8, 4) is 0 Å². The minimum atomic E-state index is -0.545. The first-order valence-electron chi connectivity index (χ1n) is 7.33. The van der Waals surface area contributed by atoms with Crippen LogP contribution >= 0.6 is 11.3 Å². The maximum atomic E-state index is 12.1. The molecule has 0 aliphatic carbocycles. The van der Waals surface area contributed by atoms with E-state index >= 15 is 0 Å². The molecule has 0 saturated heterocycles. The number of hydrogen-bond acceptors (Lipinski definition) is 7. The normalized spacial score (nSPS) is 10.6. The van der Waals surface area contributed by atoms with E-state index in [0.717, 1.165) is 5.01 Å². The van der Waals surface area contributed by atoms with Crippen LogP contribution < -0.4 is 10.9 Å². The van der Waals surface area contributed by atoms with Gasteiger partial charge in [0.1, 0.15) is 11.6 Å². The summed E-state index contributed by atoms with van der Waals surface area (Å²) < 4.78 is 6.41. The summed E-state index contributed by atoms with van der Waals surface area (Å²) in [5.74, 6) is -0.738. The molecule has 0 bridgehead atoms. The van der Waals surface area contributed by atoms with Gasteiger partial charge in [-0.2, -0.15) is 9.61 Å². The van der Waals surface area contributed by atoms with Crippen molar-refractivity contribution in [1.29, 1.82) is 0 Å². The number of rotatable bonds is 4. The number of ether oxygens (including phenoxy) is 1. The van der Waals surface area contributed by atoms with Crippen LogP contribution in [0.1, 0.15) is 28.0 Å². The van der Waals surface area contributed by atoms with Crippen molar-refractivity contribution in [2.24, 2.45) is 0 Å². The van der Waals surface area contributed by atoms with E-state index in [-0.39, 0.29) is 18.1 Å². The van der Waals surface area contributed by atoms with Crippen molar-refractivity contribution in [2.45, 2.75) is 20.5 Å². The van der Waals surface area contributed by atoms with Gasteiger partial charge >= 0.3 is 5.97 Å². The molecule has 0 aliphatic rings. The summed E-state index contributed by atoms with van der Waals surface area (Å²) in [5.41, 5.74) is 0.960. The highest BCUT2D eigenvalue weighted by molar-refractivity contribution is 7.16. The SMILES string of the molecule is CC(=O)Nc1ccc(C(=O)OCc2cc(=O)n3nc(C)sc3n2)cc1. The zero-order valence-electron chi connectivity index (χ0n) is 13.5. The number of aryl methyl sites for hydroxylation is 1. The fraction of sp³-hybridized carbons (Fsp3) is 0.188. The zero-order valence-corrected chi connectivity index (χ0v) is 14.3. The van der Waals surface area contributed by atoms with Gasteiger partial charge in [-0.15, -0.1) is 0 Å². The molecule has 3 aromatic rings. The van der Waals surface area contributed by atoms with E-state index in [1.54, 1.807) is 31.2 Å². The number of amides is 1. The van der Waals surface area contributed by atoms with Gasteiger partial charge in [-0.3, -0.25) is 9.59 Å². The molecule has 0 spiro atoms. The Morgan fingerprint density at radius 1 is 1.28 bits per heavy atom. The van der Waals surface area contributed by atoms with Gasteiger partial charge in [0.2, 0.25) is 10.9 Å². The Hall–Kier alpha value is -3.07.